The highest BCUT2D eigenvalue weighted by Gasteiger charge is 2.36. The van der Waals surface area contributed by atoms with E-state index in [1.54, 1.807) is 36.0 Å². The number of aromatic hydroxyl groups is 1. The number of H-pyrrole nitrogens is 1. The number of piperidine rings is 1. The summed E-state index contributed by atoms with van der Waals surface area (Å²) in [6, 6.07) is 3.53. The van der Waals surface area contributed by atoms with Gasteiger partial charge < -0.3 is 15.3 Å². The normalized spacial score (nSPS) is 23.3. The molecule has 2 saturated heterocycles. The monoisotopic (exact) mass is 439 g/mol. The van der Waals surface area contributed by atoms with Crippen LogP contribution in [0.3, 0.4) is 0 Å². The molecule has 0 saturated carbocycles. The van der Waals surface area contributed by atoms with Crippen molar-refractivity contribution in [2.24, 2.45) is 0 Å². The SMILES string of the molecule is CN(c1nc2sc(-c3ncc(-c4cn[nH]c4)cc3O)nc2s1)[C@@H]1C[C@H]2CC[C@@H](C1)N2. The Morgan fingerprint density at radius 1 is 1.07 bits per heavy atom. The Morgan fingerprint density at radius 3 is 2.57 bits per heavy atom. The molecule has 2 bridgehead atoms. The molecule has 3 atom stereocenters. The molecular formula is C20H21N7OS2. The van der Waals surface area contributed by atoms with Crippen LogP contribution >= 0.6 is 22.7 Å². The minimum atomic E-state index is 0.109. The lowest BCUT2D eigenvalue weighted by Gasteiger charge is -2.35. The Balaban J connectivity index is 1.26. The van der Waals surface area contributed by atoms with Gasteiger partial charge in [-0.3, -0.25) is 5.10 Å². The Labute approximate surface area is 181 Å². The molecular weight excluding hydrogens is 418 g/mol. The number of hydrogen-bond acceptors (Lipinski definition) is 9. The highest BCUT2D eigenvalue weighted by molar-refractivity contribution is 7.29. The number of nitrogens with one attached hydrogen (secondary N) is 2. The third-order valence-electron chi connectivity index (χ3n) is 6.16. The molecule has 8 nitrogen and oxygen atoms in total. The zero-order valence-corrected chi connectivity index (χ0v) is 18.0. The Kier molecular flexibility index (Phi) is 4.25. The van der Waals surface area contributed by atoms with Crippen LogP contribution in [0.5, 0.6) is 5.75 Å². The second-order valence-corrected chi connectivity index (χ2v) is 10.0. The summed E-state index contributed by atoms with van der Waals surface area (Å²) in [5.41, 5.74) is 2.17. The predicted octanol–water partition coefficient (Wildman–Crippen LogP) is 3.63. The number of pyridine rings is 1. The van der Waals surface area contributed by atoms with E-state index in [0.29, 0.717) is 28.8 Å². The van der Waals surface area contributed by atoms with Gasteiger partial charge in [0.2, 0.25) is 0 Å². The maximum atomic E-state index is 10.5. The van der Waals surface area contributed by atoms with Gasteiger partial charge in [0.15, 0.2) is 14.8 Å². The van der Waals surface area contributed by atoms with Gasteiger partial charge in [0.05, 0.1) is 6.20 Å². The van der Waals surface area contributed by atoms with Crippen molar-refractivity contribution in [1.29, 1.82) is 0 Å². The van der Waals surface area contributed by atoms with Crippen LogP contribution in [0.2, 0.25) is 0 Å². The average Bonchev–Trinajstić information content (AvgIpc) is 3.51. The average molecular weight is 440 g/mol. The lowest BCUT2D eigenvalue weighted by atomic mass is 9.99. The molecule has 0 aromatic carbocycles. The number of fused-ring (bicyclic) bond motifs is 3. The summed E-state index contributed by atoms with van der Waals surface area (Å²) in [5, 5.41) is 22.6. The molecule has 0 unspecified atom stereocenters. The maximum Gasteiger partial charge on any atom is 0.188 e. The fourth-order valence-corrected chi connectivity index (χ4v) is 6.65. The number of thiazole rings is 2. The van der Waals surface area contributed by atoms with E-state index in [-0.39, 0.29) is 5.75 Å². The predicted molar refractivity (Wildman–Crippen MR) is 119 cm³/mol. The Bertz CT molecular complexity index is 1160. The van der Waals surface area contributed by atoms with Crippen molar-refractivity contribution in [3.05, 3.63) is 24.7 Å². The van der Waals surface area contributed by atoms with Crippen LogP contribution in [-0.2, 0) is 0 Å². The highest BCUT2D eigenvalue weighted by atomic mass is 32.1. The molecule has 0 aliphatic carbocycles. The number of nitrogens with zero attached hydrogens (tertiary/aromatic N) is 5. The summed E-state index contributed by atoms with van der Waals surface area (Å²) in [6.07, 6.45) is 10.1. The van der Waals surface area contributed by atoms with Crippen LogP contribution in [0.4, 0.5) is 5.13 Å². The number of aromatic amines is 1. The molecule has 2 fully saturated rings. The van der Waals surface area contributed by atoms with Crippen LogP contribution in [0.15, 0.2) is 24.7 Å². The van der Waals surface area contributed by atoms with Crippen LogP contribution in [-0.4, -0.2) is 55.4 Å². The first kappa shape index (κ1) is 18.2. The maximum absolute atomic E-state index is 10.5. The molecule has 0 radical (unpaired) electrons. The number of aromatic nitrogens is 5. The summed E-state index contributed by atoms with van der Waals surface area (Å²) in [5.74, 6) is 0.109. The van der Waals surface area contributed by atoms with Crippen LogP contribution in [0, 0.1) is 0 Å². The summed E-state index contributed by atoms with van der Waals surface area (Å²) in [6.45, 7) is 0. The van der Waals surface area contributed by atoms with Crippen molar-refractivity contribution in [2.45, 2.75) is 43.8 Å². The van der Waals surface area contributed by atoms with Gasteiger partial charge in [-0.2, -0.15) is 5.10 Å². The van der Waals surface area contributed by atoms with Crippen LogP contribution in [0.1, 0.15) is 25.7 Å². The molecule has 0 spiro atoms. The fourth-order valence-electron chi connectivity index (χ4n) is 4.57. The van der Waals surface area contributed by atoms with E-state index in [1.165, 1.54) is 37.0 Å². The Hall–Kier alpha value is -2.56. The summed E-state index contributed by atoms with van der Waals surface area (Å²) >= 11 is 3.09. The van der Waals surface area contributed by atoms with Crippen molar-refractivity contribution >= 4 is 37.5 Å². The minimum absolute atomic E-state index is 0.109. The molecule has 30 heavy (non-hydrogen) atoms. The van der Waals surface area contributed by atoms with Gasteiger partial charge in [0, 0.05) is 48.7 Å². The van der Waals surface area contributed by atoms with Gasteiger partial charge in [-0.1, -0.05) is 22.7 Å². The molecule has 154 valence electrons. The van der Waals surface area contributed by atoms with E-state index in [1.807, 2.05) is 0 Å². The molecule has 4 aromatic rings. The van der Waals surface area contributed by atoms with E-state index in [2.05, 4.69) is 32.4 Å². The molecule has 2 aliphatic heterocycles. The standard InChI is InChI=1S/C20H21N7OS2/c1-27(14-5-12-2-3-13(6-14)24-12)20-26-19-18(30-20)25-17(29-19)16-15(28)4-10(7-21-16)11-8-22-23-9-11/h4,7-9,12-14,24,28H,2-3,5-6H2,1H3,(H,22,23)/t12-,13+,14-. The van der Waals surface area contributed by atoms with Gasteiger partial charge in [-0.25, -0.2) is 15.0 Å². The summed E-state index contributed by atoms with van der Waals surface area (Å²) in [7, 11) is 2.15. The van der Waals surface area contributed by atoms with Crippen molar-refractivity contribution in [2.75, 3.05) is 11.9 Å². The van der Waals surface area contributed by atoms with Gasteiger partial charge in [-0.15, -0.1) is 0 Å². The quantitative estimate of drug-likeness (QED) is 0.446. The van der Waals surface area contributed by atoms with E-state index >= 15 is 0 Å². The molecule has 2 aliphatic rings. The minimum Gasteiger partial charge on any atom is -0.506 e. The first-order valence-corrected chi connectivity index (χ1v) is 11.7. The molecule has 6 heterocycles. The van der Waals surface area contributed by atoms with Crippen molar-refractivity contribution in [3.8, 4) is 27.6 Å². The van der Waals surface area contributed by atoms with Gasteiger partial charge in [0.1, 0.15) is 16.5 Å². The van der Waals surface area contributed by atoms with E-state index in [4.69, 9.17) is 9.97 Å². The fraction of sp³-hybridized carbons (Fsp3) is 0.400. The third-order valence-corrected chi connectivity index (χ3v) is 8.29. The van der Waals surface area contributed by atoms with Gasteiger partial charge >= 0.3 is 0 Å². The topological polar surface area (TPSA) is 103 Å². The van der Waals surface area contributed by atoms with E-state index < -0.39 is 0 Å². The first-order chi connectivity index (χ1) is 14.6. The largest absolute Gasteiger partial charge is 0.506 e. The summed E-state index contributed by atoms with van der Waals surface area (Å²) in [4.78, 5) is 18.1. The van der Waals surface area contributed by atoms with Gasteiger partial charge in [0.25, 0.3) is 0 Å². The zero-order chi connectivity index (χ0) is 20.2. The van der Waals surface area contributed by atoms with Crippen LogP contribution in [0.25, 0.3) is 31.5 Å². The number of anilines is 1. The third kappa shape index (κ3) is 3.06. The lowest BCUT2D eigenvalue weighted by molar-refractivity contribution is 0.354. The lowest BCUT2D eigenvalue weighted by Crippen LogP contribution is -2.47. The smallest absolute Gasteiger partial charge is 0.188 e. The van der Waals surface area contributed by atoms with Gasteiger partial charge in [-0.05, 0) is 31.7 Å². The first-order valence-electron chi connectivity index (χ1n) is 10.1. The molecule has 10 heteroatoms. The summed E-state index contributed by atoms with van der Waals surface area (Å²) < 4.78 is 0. The van der Waals surface area contributed by atoms with E-state index in [9.17, 15) is 5.11 Å². The molecule has 3 N–H and O–H groups in total. The van der Waals surface area contributed by atoms with Crippen molar-refractivity contribution in [3.63, 3.8) is 0 Å². The molecule has 0 amide bonds. The number of rotatable bonds is 4. The second-order valence-electron chi connectivity index (χ2n) is 8.08. The van der Waals surface area contributed by atoms with E-state index in [0.717, 1.165) is 25.9 Å². The van der Waals surface area contributed by atoms with Crippen molar-refractivity contribution < 1.29 is 5.11 Å². The highest BCUT2D eigenvalue weighted by Crippen LogP contribution is 2.40. The Morgan fingerprint density at radius 2 is 1.87 bits per heavy atom. The van der Waals surface area contributed by atoms with Crippen molar-refractivity contribution in [1.82, 2.24) is 30.5 Å². The zero-order valence-electron chi connectivity index (χ0n) is 16.4. The molecule has 4 aromatic heterocycles. The van der Waals surface area contributed by atoms with Crippen LogP contribution < -0.4 is 10.2 Å². The second kappa shape index (κ2) is 7.00. The number of hydrogen-bond donors (Lipinski definition) is 3. The molecule has 6 rings (SSSR count).